The number of nitrogens with one attached hydrogen (secondary N) is 1. The Hall–Kier alpha value is -2.55. The summed E-state index contributed by atoms with van der Waals surface area (Å²) in [6.45, 7) is 0. The monoisotopic (exact) mass is 338 g/mol. The molecule has 0 aliphatic heterocycles. The SMILES string of the molecule is O=c1c(-c2ccc(SC(F)(F)F)cc2)c[nH]n1-c1ncccn1. The van der Waals surface area contributed by atoms with Gasteiger partial charge in [0.2, 0.25) is 0 Å². The molecule has 0 bridgehead atoms. The predicted octanol–water partition coefficient (Wildman–Crippen LogP) is 3.23. The second-order valence-corrected chi connectivity index (χ2v) is 5.59. The highest BCUT2D eigenvalue weighted by Gasteiger charge is 2.29. The van der Waals surface area contributed by atoms with Gasteiger partial charge in [-0.25, -0.2) is 9.97 Å². The molecule has 0 saturated heterocycles. The summed E-state index contributed by atoms with van der Waals surface area (Å²) < 4.78 is 38.1. The van der Waals surface area contributed by atoms with E-state index in [2.05, 4.69) is 15.1 Å². The highest BCUT2D eigenvalue weighted by Crippen LogP contribution is 2.37. The molecule has 0 spiro atoms. The summed E-state index contributed by atoms with van der Waals surface area (Å²) in [4.78, 5) is 20.3. The molecule has 3 aromatic rings. The molecule has 0 aliphatic carbocycles. The van der Waals surface area contributed by atoms with E-state index in [0.29, 0.717) is 11.1 Å². The Kier molecular flexibility index (Phi) is 3.95. The van der Waals surface area contributed by atoms with Crippen molar-refractivity contribution in [3.8, 4) is 17.1 Å². The van der Waals surface area contributed by atoms with Crippen LogP contribution in [0.5, 0.6) is 0 Å². The van der Waals surface area contributed by atoms with Crippen LogP contribution in [0.15, 0.2) is 58.6 Å². The highest BCUT2D eigenvalue weighted by atomic mass is 32.2. The minimum atomic E-state index is -4.34. The van der Waals surface area contributed by atoms with Gasteiger partial charge in [0.25, 0.3) is 11.5 Å². The van der Waals surface area contributed by atoms with Gasteiger partial charge in [-0.3, -0.25) is 9.89 Å². The number of nitrogens with zero attached hydrogens (tertiary/aromatic N) is 3. The summed E-state index contributed by atoms with van der Waals surface area (Å²) in [6, 6.07) is 7.20. The fourth-order valence-corrected chi connectivity index (χ4v) is 2.51. The molecule has 0 radical (unpaired) electrons. The normalized spacial score (nSPS) is 11.6. The molecule has 9 heteroatoms. The lowest BCUT2D eigenvalue weighted by atomic mass is 10.1. The molecular weight excluding hydrogens is 329 g/mol. The van der Waals surface area contributed by atoms with Gasteiger partial charge in [0.1, 0.15) is 0 Å². The third-order valence-electron chi connectivity index (χ3n) is 2.92. The molecule has 3 rings (SSSR count). The topological polar surface area (TPSA) is 63.6 Å². The van der Waals surface area contributed by atoms with Crippen LogP contribution in [0.1, 0.15) is 0 Å². The molecule has 118 valence electrons. The Morgan fingerprint density at radius 1 is 1.09 bits per heavy atom. The maximum absolute atomic E-state index is 12.4. The van der Waals surface area contributed by atoms with E-state index in [1.54, 1.807) is 6.07 Å². The Labute approximate surface area is 132 Å². The first-order valence-corrected chi connectivity index (χ1v) is 7.20. The maximum atomic E-state index is 12.4. The average Bonchev–Trinajstić information content (AvgIpc) is 2.89. The smallest absolute Gasteiger partial charge is 0.295 e. The number of rotatable bonds is 3. The van der Waals surface area contributed by atoms with Crippen molar-refractivity contribution >= 4 is 11.8 Å². The molecule has 2 aromatic heterocycles. The Morgan fingerprint density at radius 3 is 2.35 bits per heavy atom. The van der Waals surface area contributed by atoms with Gasteiger partial charge in [0.05, 0.1) is 5.56 Å². The molecule has 0 fully saturated rings. The summed E-state index contributed by atoms with van der Waals surface area (Å²) in [5.41, 5.74) is -3.90. The molecule has 5 nitrogen and oxygen atoms in total. The van der Waals surface area contributed by atoms with Gasteiger partial charge >= 0.3 is 5.51 Å². The number of hydrogen-bond acceptors (Lipinski definition) is 4. The van der Waals surface area contributed by atoms with Crippen LogP contribution in [0.25, 0.3) is 17.1 Å². The van der Waals surface area contributed by atoms with Crippen molar-refractivity contribution in [1.82, 2.24) is 19.7 Å². The number of H-pyrrole nitrogens is 1. The molecule has 0 atom stereocenters. The molecule has 0 aliphatic rings. The molecule has 0 unspecified atom stereocenters. The second kappa shape index (κ2) is 5.92. The van der Waals surface area contributed by atoms with Crippen LogP contribution in [0.4, 0.5) is 13.2 Å². The molecule has 1 N–H and O–H groups in total. The zero-order chi connectivity index (χ0) is 16.4. The van der Waals surface area contributed by atoms with Gasteiger partial charge in [0, 0.05) is 23.5 Å². The van der Waals surface area contributed by atoms with Crippen LogP contribution in [-0.4, -0.2) is 25.3 Å². The van der Waals surface area contributed by atoms with E-state index >= 15 is 0 Å². The Morgan fingerprint density at radius 2 is 1.74 bits per heavy atom. The first-order chi connectivity index (χ1) is 10.9. The lowest BCUT2D eigenvalue weighted by molar-refractivity contribution is -0.0328. The minimum Gasteiger partial charge on any atom is -0.295 e. The van der Waals surface area contributed by atoms with E-state index < -0.39 is 5.51 Å². The minimum absolute atomic E-state index is 0.0588. The van der Waals surface area contributed by atoms with Crippen LogP contribution in [0.2, 0.25) is 0 Å². The molecule has 0 amide bonds. The Balaban J connectivity index is 1.91. The average molecular weight is 338 g/mol. The van der Waals surface area contributed by atoms with E-state index in [-0.39, 0.29) is 28.2 Å². The van der Waals surface area contributed by atoms with Gasteiger partial charge in [0.15, 0.2) is 0 Å². The van der Waals surface area contributed by atoms with Crippen LogP contribution in [0.3, 0.4) is 0 Å². The third-order valence-corrected chi connectivity index (χ3v) is 3.66. The molecule has 2 heterocycles. The second-order valence-electron chi connectivity index (χ2n) is 4.45. The predicted molar refractivity (Wildman–Crippen MR) is 79.3 cm³/mol. The molecule has 0 saturated carbocycles. The van der Waals surface area contributed by atoms with Gasteiger partial charge < -0.3 is 0 Å². The standard InChI is InChI=1S/C14H9F3N4OS/c15-14(16,17)23-10-4-2-9(3-5-10)11-8-20-21(12(11)22)13-18-6-1-7-19-13/h1-8,20H. The van der Waals surface area contributed by atoms with Crippen molar-refractivity contribution in [2.45, 2.75) is 10.4 Å². The van der Waals surface area contributed by atoms with Crippen molar-refractivity contribution in [1.29, 1.82) is 0 Å². The van der Waals surface area contributed by atoms with Gasteiger partial charge in [-0.15, -0.1) is 0 Å². The number of hydrogen-bond donors (Lipinski definition) is 1. The van der Waals surface area contributed by atoms with Crippen molar-refractivity contribution in [3.63, 3.8) is 0 Å². The number of thioether (sulfide) groups is 1. The van der Waals surface area contributed by atoms with E-state index in [1.165, 1.54) is 42.9 Å². The molecule has 23 heavy (non-hydrogen) atoms. The Bertz CT molecular complexity index is 856. The zero-order valence-electron chi connectivity index (χ0n) is 11.4. The number of aromatic amines is 1. The van der Waals surface area contributed by atoms with Gasteiger partial charge in [-0.05, 0) is 35.5 Å². The third kappa shape index (κ3) is 3.45. The largest absolute Gasteiger partial charge is 0.446 e. The van der Waals surface area contributed by atoms with Crippen molar-refractivity contribution in [3.05, 3.63) is 59.3 Å². The summed E-state index contributed by atoms with van der Waals surface area (Å²) in [6.07, 6.45) is 4.46. The number of halogens is 3. The van der Waals surface area contributed by atoms with E-state index in [4.69, 9.17) is 0 Å². The van der Waals surface area contributed by atoms with Crippen LogP contribution in [0, 0.1) is 0 Å². The summed E-state index contributed by atoms with van der Waals surface area (Å²) >= 11 is -0.200. The van der Waals surface area contributed by atoms with E-state index in [9.17, 15) is 18.0 Å². The number of alkyl halides is 3. The number of benzene rings is 1. The van der Waals surface area contributed by atoms with Crippen molar-refractivity contribution in [2.75, 3.05) is 0 Å². The first-order valence-electron chi connectivity index (χ1n) is 6.38. The fourth-order valence-electron chi connectivity index (χ4n) is 1.97. The first kappa shape index (κ1) is 15.3. The van der Waals surface area contributed by atoms with Crippen LogP contribution in [-0.2, 0) is 0 Å². The van der Waals surface area contributed by atoms with Crippen molar-refractivity contribution < 1.29 is 13.2 Å². The lowest BCUT2D eigenvalue weighted by Gasteiger charge is -2.05. The summed E-state index contributed by atoms with van der Waals surface area (Å²) in [7, 11) is 0. The fraction of sp³-hybridized carbons (Fsp3) is 0.0714. The summed E-state index contributed by atoms with van der Waals surface area (Å²) in [5.74, 6) is 0.188. The van der Waals surface area contributed by atoms with E-state index in [1.807, 2.05) is 0 Å². The van der Waals surface area contributed by atoms with Gasteiger partial charge in [-0.1, -0.05) is 12.1 Å². The maximum Gasteiger partial charge on any atom is 0.446 e. The summed E-state index contributed by atoms with van der Waals surface area (Å²) in [5, 5.41) is 2.74. The van der Waals surface area contributed by atoms with Gasteiger partial charge in [-0.2, -0.15) is 17.9 Å². The highest BCUT2D eigenvalue weighted by molar-refractivity contribution is 8.00. The van der Waals surface area contributed by atoms with Crippen molar-refractivity contribution in [2.24, 2.45) is 0 Å². The lowest BCUT2D eigenvalue weighted by Crippen LogP contribution is -2.17. The molecule has 1 aromatic carbocycles. The number of aromatic nitrogens is 4. The van der Waals surface area contributed by atoms with E-state index in [0.717, 1.165) is 4.68 Å². The zero-order valence-corrected chi connectivity index (χ0v) is 12.2. The molecular formula is C14H9F3N4OS. The van der Waals surface area contributed by atoms with Crippen LogP contribution < -0.4 is 5.56 Å². The van der Waals surface area contributed by atoms with Crippen LogP contribution >= 0.6 is 11.8 Å². The quantitative estimate of drug-likeness (QED) is 0.745.